The zero-order chi connectivity index (χ0) is 11.1. The van der Waals surface area contributed by atoms with Crippen molar-refractivity contribution in [2.45, 2.75) is 80.6 Å². The summed E-state index contributed by atoms with van der Waals surface area (Å²) in [5, 5.41) is 0. The summed E-state index contributed by atoms with van der Waals surface area (Å²) in [6.45, 7) is 15.2. The summed E-state index contributed by atoms with van der Waals surface area (Å²) in [5.41, 5.74) is 0. The minimum absolute atomic E-state index is 0.935. The standard InChI is InChI=1S/C6H14.C5H12.C2H6/c1-4-6(3)5-2;1-3-5-4-2;1-2/h6H,4-5H2,1-3H3;3-5H2,1-2H3;1-2H3. The molecule has 0 unspecified atom stereocenters. The van der Waals surface area contributed by atoms with Crippen LogP contribution in [-0.4, -0.2) is 0 Å². The first-order valence-electron chi connectivity index (χ1n) is 6.22. The van der Waals surface area contributed by atoms with Gasteiger partial charge in [-0.25, -0.2) is 0 Å². The molecule has 0 saturated carbocycles. The fourth-order valence-corrected chi connectivity index (χ4v) is 0.642. The zero-order valence-electron chi connectivity index (χ0n) is 11.1. The van der Waals surface area contributed by atoms with Gasteiger partial charge in [0.05, 0.1) is 0 Å². The molecule has 0 aliphatic rings. The Balaban J connectivity index is -0.000000131. The van der Waals surface area contributed by atoms with Crippen molar-refractivity contribution >= 4 is 0 Å². The minimum Gasteiger partial charge on any atom is -0.0683 e. The average Bonchev–Trinajstić information content (AvgIpc) is 2.22. The van der Waals surface area contributed by atoms with Gasteiger partial charge in [-0.3, -0.25) is 0 Å². The molecule has 84 valence electrons. The van der Waals surface area contributed by atoms with Crippen molar-refractivity contribution in [2.24, 2.45) is 5.92 Å². The molecule has 0 radical (unpaired) electrons. The Morgan fingerprint density at radius 2 is 1.08 bits per heavy atom. The molecule has 0 bridgehead atoms. The predicted molar refractivity (Wildman–Crippen MR) is 66.3 cm³/mol. The van der Waals surface area contributed by atoms with E-state index in [0.717, 1.165) is 5.92 Å². The van der Waals surface area contributed by atoms with Crippen LogP contribution in [0.3, 0.4) is 0 Å². The summed E-state index contributed by atoms with van der Waals surface area (Å²) in [6, 6.07) is 0. The molecule has 0 aromatic rings. The van der Waals surface area contributed by atoms with Gasteiger partial charge in [-0.2, -0.15) is 0 Å². The first kappa shape index (κ1) is 18.7. The van der Waals surface area contributed by atoms with Gasteiger partial charge in [0, 0.05) is 0 Å². The smallest absolute Gasteiger partial charge is 0.0448 e. The second-order valence-electron chi connectivity index (χ2n) is 3.28. The van der Waals surface area contributed by atoms with E-state index in [4.69, 9.17) is 0 Å². The van der Waals surface area contributed by atoms with Gasteiger partial charge >= 0.3 is 0 Å². The Hall–Kier alpha value is 0. The highest BCUT2D eigenvalue weighted by Crippen LogP contribution is 2.02. The molecule has 0 aliphatic heterocycles. The Labute approximate surface area is 87.1 Å². The second kappa shape index (κ2) is 22.7. The van der Waals surface area contributed by atoms with Crippen molar-refractivity contribution in [1.82, 2.24) is 0 Å². The molecule has 13 heavy (non-hydrogen) atoms. The van der Waals surface area contributed by atoms with E-state index in [1.165, 1.54) is 32.1 Å². The van der Waals surface area contributed by atoms with E-state index in [0.29, 0.717) is 0 Å². The first-order chi connectivity index (χ1) is 6.22. The van der Waals surface area contributed by atoms with Gasteiger partial charge in [0.2, 0.25) is 0 Å². The molecule has 0 rings (SSSR count). The van der Waals surface area contributed by atoms with Gasteiger partial charge in [0.15, 0.2) is 0 Å². The molecule has 0 heteroatoms. The molecule has 0 heterocycles. The molecule has 0 spiro atoms. The van der Waals surface area contributed by atoms with Crippen LogP contribution in [0.15, 0.2) is 0 Å². The van der Waals surface area contributed by atoms with Gasteiger partial charge in [0.1, 0.15) is 0 Å². The van der Waals surface area contributed by atoms with Crippen LogP contribution >= 0.6 is 0 Å². The van der Waals surface area contributed by atoms with Crippen molar-refractivity contribution in [3.8, 4) is 0 Å². The zero-order valence-corrected chi connectivity index (χ0v) is 11.1. The maximum absolute atomic E-state index is 2.28. The van der Waals surface area contributed by atoms with Crippen LogP contribution in [0.25, 0.3) is 0 Å². The van der Waals surface area contributed by atoms with E-state index in [-0.39, 0.29) is 0 Å². The van der Waals surface area contributed by atoms with Crippen LogP contribution in [-0.2, 0) is 0 Å². The summed E-state index contributed by atoms with van der Waals surface area (Å²) in [5.74, 6) is 0.935. The average molecular weight is 188 g/mol. The van der Waals surface area contributed by atoms with Crippen molar-refractivity contribution < 1.29 is 0 Å². The third kappa shape index (κ3) is 33.3. The van der Waals surface area contributed by atoms with E-state index in [1.54, 1.807) is 0 Å². The highest BCUT2D eigenvalue weighted by Gasteiger charge is 1.88. The number of hydrogen-bond acceptors (Lipinski definition) is 0. The summed E-state index contributed by atoms with van der Waals surface area (Å²) in [6.07, 6.45) is 6.74. The van der Waals surface area contributed by atoms with Gasteiger partial charge in [-0.15, -0.1) is 0 Å². The molecule has 0 fully saturated rings. The highest BCUT2D eigenvalue weighted by molar-refractivity contribution is 4.41. The van der Waals surface area contributed by atoms with Gasteiger partial charge in [-0.1, -0.05) is 80.6 Å². The number of rotatable bonds is 4. The molecule has 0 aliphatic carbocycles. The summed E-state index contributed by atoms with van der Waals surface area (Å²) >= 11 is 0. The van der Waals surface area contributed by atoms with Gasteiger partial charge in [0.25, 0.3) is 0 Å². The van der Waals surface area contributed by atoms with E-state index in [2.05, 4.69) is 34.6 Å². The third-order valence-electron chi connectivity index (χ3n) is 2.10. The molecular weight excluding hydrogens is 156 g/mol. The molecule has 0 aromatic heterocycles. The summed E-state index contributed by atoms with van der Waals surface area (Å²) in [7, 11) is 0. The monoisotopic (exact) mass is 188 g/mol. The van der Waals surface area contributed by atoms with Crippen LogP contribution in [0, 0.1) is 5.92 Å². The van der Waals surface area contributed by atoms with E-state index < -0.39 is 0 Å². The molecule has 0 aromatic carbocycles. The maximum Gasteiger partial charge on any atom is -0.0448 e. The lowest BCUT2D eigenvalue weighted by molar-refractivity contribution is 0.544. The Morgan fingerprint density at radius 1 is 0.769 bits per heavy atom. The van der Waals surface area contributed by atoms with Gasteiger partial charge in [-0.05, 0) is 5.92 Å². The van der Waals surface area contributed by atoms with Crippen LogP contribution in [0.1, 0.15) is 80.6 Å². The molecule has 0 nitrogen and oxygen atoms in total. The van der Waals surface area contributed by atoms with Crippen LogP contribution in [0.5, 0.6) is 0 Å². The second-order valence-corrected chi connectivity index (χ2v) is 3.28. The lowest BCUT2D eigenvalue weighted by Gasteiger charge is -1.98. The summed E-state index contributed by atoms with van der Waals surface area (Å²) in [4.78, 5) is 0. The van der Waals surface area contributed by atoms with Crippen LogP contribution in [0.4, 0.5) is 0 Å². The van der Waals surface area contributed by atoms with Crippen LogP contribution < -0.4 is 0 Å². The maximum atomic E-state index is 2.28. The Kier molecular flexibility index (Phi) is 32.7. The van der Waals surface area contributed by atoms with E-state index in [1.807, 2.05) is 13.8 Å². The Bertz CT molecular complexity index is 42.0. The Morgan fingerprint density at radius 3 is 1.08 bits per heavy atom. The number of unbranched alkanes of at least 4 members (excludes halogenated alkanes) is 2. The lowest BCUT2D eigenvalue weighted by atomic mass is 10.1. The van der Waals surface area contributed by atoms with E-state index in [9.17, 15) is 0 Å². The van der Waals surface area contributed by atoms with Crippen molar-refractivity contribution in [2.75, 3.05) is 0 Å². The molecule has 0 saturated heterocycles. The normalized spacial score (nSPS) is 8.31. The first-order valence-corrected chi connectivity index (χ1v) is 6.22. The van der Waals surface area contributed by atoms with Crippen molar-refractivity contribution in [3.05, 3.63) is 0 Å². The third-order valence-corrected chi connectivity index (χ3v) is 2.10. The minimum atomic E-state index is 0.935. The molecule has 0 amide bonds. The summed E-state index contributed by atoms with van der Waals surface area (Å²) < 4.78 is 0. The van der Waals surface area contributed by atoms with Crippen LogP contribution in [0.2, 0.25) is 0 Å². The quantitative estimate of drug-likeness (QED) is 0.533. The van der Waals surface area contributed by atoms with Gasteiger partial charge < -0.3 is 0 Å². The molecular formula is C13H32. The largest absolute Gasteiger partial charge is 0.0683 e. The van der Waals surface area contributed by atoms with Crippen molar-refractivity contribution in [3.63, 3.8) is 0 Å². The molecule has 0 atom stereocenters. The van der Waals surface area contributed by atoms with E-state index >= 15 is 0 Å². The predicted octanol–water partition coefficient (Wildman–Crippen LogP) is 5.67. The lowest BCUT2D eigenvalue weighted by Crippen LogP contribution is -1.85. The fourth-order valence-electron chi connectivity index (χ4n) is 0.642. The molecule has 0 N–H and O–H groups in total. The SMILES string of the molecule is CC.CCC(C)CC.CCCCC. The fraction of sp³-hybridized carbons (Fsp3) is 1.00. The topological polar surface area (TPSA) is 0 Å². The number of hydrogen-bond donors (Lipinski definition) is 0. The van der Waals surface area contributed by atoms with Crippen molar-refractivity contribution in [1.29, 1.82) is 0 Å². The highest BCUT2D eigenvalue weighted by atomic mass is 13.9.